The fourth-order valence-corrected chi connectivity index (χ4v) is 4.36. The number of hydrogen-bond acceptors (Lipinski definition) is 5. The molecule has 1 aromatic carbocycles. The third-order valence-corrected chi connectivity index (χ3v) is 6.10. The quantitative estimate of drug-likeness (QED) is 0.389. The Bertz CT molecular complexity index is 1010. The summed E-state index contributed by atoms with van der Waals surface area (Å²) in [5.41, 5.74) is 0.643. The lowest BCUT2D eigenvalue weighted by molar-refractivity contribution is -0.115. The average Bonchev–Trinajstić information content (AvgIpc) is 2.90. The predicted octanol–water partition coefficient (Wildman–Crippen LogP) is 4.84. The maximum Gasteiger partial charge on any atom is 0.237 e. The van der Waals surface area contributed by atoms with Crippen LogP contribution >= 0.6 is 23.1 Å². The molecule has 0 bridgehead atoms. The van der Waals surface area contributed by atoms with Crippen molar-refractivity contribution < 1.29 is 18.0 Å². The van der Waals surface area contributed by atoms with Crippen molar-refractivity contribution in [2.75, 3.05) is 5.32 Å². The van der Waals surface area contributed by atoms with Crippen LogP contribution in [0.3, 0.4) is 0 Å². The highest BCUT2D eigenvalue weighted by atomic mass is 32.2. The molecule has 1 amide bonds. The van der Waals surface area contributed by atoms with Crippen LogP contribution in [0.1, 0.15) is 17.4 Å². The summed E-state index contributed by atoms with van der Waals surface area (Å²) in [6, 6.07) is 1.75. The summed E-state index contributed by atoms with van der Waals surface area (Å²) in [5, 5.41) is 3.18. The number of anilines is 1. The van der Waals surface area contributed by atoms with Crippen LogP contribution in [0.2, 0.25) is 0 Å². The Morgan fingerprint density at radius 1 is 1.19 bits per heavy atom. The Hall–Kier alpha value is -2.13. The van der Waals surface area contributed by atoms with Gasteiger partial charge in [0.1, 0.15) is 16.2 Å². The number of hydrogen-bond donors (Lipinski definition) is 1. The van der Waals surface area contributed by atoms with E-state index < -0.39 is 34.3 Å². The third-order valence-electron chi connectivity index (χ3n) is 3.88. The van der Waals surface area contributed by atoms with Gasteiger partial charge >= 0.3 is 0 Å². The van der Waals surface area contributed by atoms with Gasteiger partial charge in [0, 0.05) is 10.3 Å². The fraction of sp³-hybridized carbons (Fsp3) is 0.235. The first kappa shape index (κ1) is 18.7. The molecule has 2 heterocycles. The van der Waals surface area contributed by atoms with E-state index in [4.69, 9.17) is 0 Å². The van der Waals surface area contributed by atoms with E-state index in [1.807, 2.05) is 13.8 Å². The smallest absolute Gasteiger partial charge is 0.237 e. The molecule has 3 aromatic rings. The van der Waals surface area contributed by atoms with Crippen molar-refractivity contribution in [2.24, 2.45) is 0 Å². The number of fused-ring (bicyclic) bond motifs is 1. The van der Waals surface area contributed by atoms with Crippen molar-refractivity contribution in [3.05, 3.63) is 46.4 Å². The van der Waals surface area contributed by atoms with Crippen LogP contribution in [0, 0.1) is 31.3 Å². The van der Waals surface area contributed by atoms with Crippen LogP contribution in [0.5, 0.6) is 0 Å². The molecule has 0 saturated carbocycles. The van der Waals surface area contributed by atoms with Crippen molar-refractivity contribution in [3.8, 4) is 0 Å². The van der Waals surface area contributed by atoms with Crippen molar-refractivity contribution >= 4 is 44.9 Å². The lowest BCUT2D eigenvalue weighted by Gasteiger charge is -2.13. The van der Waals surface area contributed by atoms with Crippen molar-refractivity contribution in [3.63, 3.8) is 0 Å². The topological polar surface area (TPSA) is 54.9 Å². The molecule has 4 nitrogen and oxygen atoms in total. The lowest BCUT2D eigenvalue weighted by Crippen LogP contribution is -2.23. The number of rotatable bonds is 4. The largest absolute Gasteiger partial charge is 0.323 e. The van der Waals surface area contributed by atoms with E-state index in [9.17, 15) is 18.0 Å². The highest BCUT2D eigenvalue weighted by Gasteiger charge is 2.21. The zero-order valence-electron chi connectivity index (χ0n) is 14.1. The Morgan fingerprint density at radius 2 is 1.92 bits per heavy atom. The Kier molecular flexibility index (Phi) is 5.19. The van der Waals surface area contributed by atoms with Gasteiger partial charge in [0.15, 0.2) is 17.5 Å². The molecule has 0 unspecified atom stereocenters. The van der Waals surface area contributed by atoms with Crippen LogP contribution in [-0.4, -0.2) is 21.1 Å². The predicted molar refractivity (Wildman–Crippen MR) is 97.2 cm³/mol. The maximum atomic E-state index is 13.7. The number of benzene rings is 1. The number of carbonyl (C=O) groups is 1. The summed E-state index contributed by atoms with van der Waals surface area (Å²) in [4.78, 5) is 22.8. The number of aromatic nitrogens is 2. The Labute approximate surface area is 155 Å². The minimum absolute atomic E-state index is 0.406. The lowest BCUT2D eigenvalue weighted by atomic mass is 10.2. The minimum Gasteiger partial charge on any atom is -0.323 e. The maximum absolute atomic E-state index is 13.7. The molecule has 1 atom stereocenters. The molecule has 0 aliphatic carbocycles. The summed E-state index contributed by atoms with van der Waals surface area (Å²) in [7, 11) is 0. The number of nitrogens with one attached hydrogen (secondary N) is 1. The summed E-state index contributed by atoms with van der Waals surface area (Å²) >= 11 is 2.74. The molecule has 0 fully saturated rings. The van der Waals surface area contributed by atoms with E-state index in [0.717, 1.165) is 32.8 Å². The number of carbonyl (C=O) groups excluding carboxylic acids is 1. The monoisotopic (exact) mass is 397 g/mol. The van der Waals surface area contributed by atoms with E-state index in [2.05, 4.69) is 15.3 Å². The van der Waals surface area contributed by atoms with Crippen LogP contribution < -0.4 is 5.32 Å². The van der Waals surface area contributed by atoms with Gasteiger partial charge in [-0.3, -0.25) is 4.79 Å². The fourth-order valence-electron chi connectivity index (χ4n) is 2.32. The minimum atomic E-state index is -1.62. The second-order valence-corrected chi connectivity index (χ2v) is 8.15. The van der Waals surface area contributed by atoms with E-state index in [1.54, 1.807) is 18.3 Å². The molecular weight excluding hydrogens is 383 g/mol. The zero-order chi connectivity index (χ0) is 19.0. The number of nitrogens with zero attached hydrogens (tertiary/aromatic N) is 2. The third kappa shape index (κ3) is 3.41. The van der Waals surface area contributed by atoms with Gasteiger partial charge in [0.2, 0.25) is 5.91 Å². The molecule has 2 aromatic heterocycles. The first-order valence-corrected chi connectivity index (χ1v) is 9.31. The molecule has 0 spiro atoms. The highest BCUT2D eigenvalue weighted by molar-refractivity contribution is 8.00. The van der Waals surface area contributed by atoms with Gasteiger partial charge in [-0.1, -0.05) is 11.8 Å². The van der Waals surface area contributed by atoms with Crippen molar-refractivity contribution in [1.29, 1.82) is 0 Å². The van der Waals surface area contributed by atoms with Gasteiger partial charge in [0.25, 0.3) is 0 Å². The second kappa shape index (κ2) is 7.24. The first-order chi connectivity index (χ1) is 12.3. The van der Waals surface area contributed by atoms with Crippen LogP contribution in [0.4, 0.5) is 18.9 Å². The van der Waals surface area contributed by atoms with Crippen LogP contribution in [0.15, 0.2) is 23.5 Å². The molecule has 26 heavy (non-hydrogen) atoms. The van der Waals surface area contributed by atoms with E-state index in [1.165, 1.54) is 18.1 Å². The molecular formula is C17H14F3N3OS2. The van der Waals surface area contributed by atoms with Gasteiger partial charge < -0.3 is 5.32 Å². The summed E-state index contributed by atoms with van der Waals surface area (Å²) < 4.78 is 40.0. The zero-order valence-corrected chi connectivity index (χ0v) is 15.7. The molecule has 0 saturated heterocycles. The van der Waals surface area contributed by atoms with E-state index in [0.29, 0.717) is 5.03 Å². The van der Waals surface area contributed by atoms with Gasteiger partial charge in [-0.05, 0) is 38.5 Å². The first-order valence-electron chi connectivity index (χ1n) is 7.61. The van der Waals surface area contributed by atoms with Crippen molar-refractivity contribution in [1.82, 2.24) is 9.97 Å². The van der Waals surface area contributed by atoms with Gasteiger partial charge in [-0.15, -0.1) is 11.3 Å². The molecule has 0 aliphatic heterocycles. The normalized spacial score (nSPS) is 12.4. The molecule has 136 valence electrons. The van der Waals surface area contributed by atoms with Gasteiger partial charge in [-0.25, -0.2) is 23.1 Å². The molecule has 0 radical (unpaired) electrons. The number of thioether (sulfide) groups is 1. The molecule has 3 rings (SSSR count). The highest BCUT2D eigenvalue weighted by Crippen LogP contribution is 2.36. The summed E-state index contributed by atoms with van der Waals surface area (Å²) in [5.74, 6) is -4.90. The Balaban J connectivity index is 1.81. The van der Waals surface area contributed by atoms with E-state index >= 15 is 0 Å². The Morgan fingerprint density at radius 3 is 2.65 bits per heavy atom. The molecule has 0 aliphatic rings. The average molecular weight is 397 g/mol. The van der Waals surface area contributed by atoms with Gasteiger partial charge in [0.05, 0.1) is 10.9 Å². The van der Waals surface area contributed by atoms with Crippen LogP contribution in [-0.2, 0) is 4.79 Å². The number of amides is 1. The van der Waals surface area contributed by atoms with Crippen molar-refractivity contribution in [2.45, 2.75) is 31.0 Å². The standard InChI is InChI=1S/C17H14F3N3OS2/c1-7-8(2)25-16-12(7)17(22-6-21-16)26-9(3)15(24)23-11-5-4-10(18)13(19)14(11)20/h4-6,9H,1-3H3,(H,23,24)/t9-/m1/s1. The SMILES string of the molecule is Cc1sc2ncnc(S[C@H](C)C(=O)Nc3ccc(F)c(F)c3F)c2c1C. The summed E-state index contributed by atoms with van der Waals surface area (Å²) in [6.45, 7) is 5.57. The molecule has 9 heteroatoms. The van der Waals surface area contributed by atoms with E-state index in [-0.39, 0.29) is 0 Å². The summed E-state index contributed by atoms with van der Waals surface area (Å²) in [6.07, 6.45) is 1.43. The van der Waals surface area contributed by atoms with Crippen LogP contribution in [0.25, 0.3) is 10.2 Å². The number of thiophene rings is 1. The molecule has 1 N–H and O–H groups in total. The van der Waals surface area contributed by atoms with Gasteiger partial charge in [-0.2, -0.15) is 0 Å². The number of aryl methyl sites for hydroxylation is 2. The number of halogens is 3. The second-order valence-electron chi connectivity index (χ2n) is 5.61.